The van der Waals surface area contributed by atoms with Gasteiger partial charge in [0.25, 0.3) is 0 Å². The molecule has 1 aliphatic rings. The average Bonchev–Trinajstić information content (AvgIpc) is 2.70. The number of nitrogens with zero attached hydrogens (tertiary/aromatic N) is 1. The van der Waals surface area contributed by atoms with E-state index in [0.29, 0.717) is 6.61 Å². The molecule has 0 saturated carbocycles. The van der Waals surface area contributed by atoms with E-state index in [2.05, 4.69) is 22.3 Å². The summed E-state index contributed by atoms with van der Waals surface area (Å²) < 4.78 is 5.77. The van der Waals surface area contributed by atoms with Crippen LogP contribution in [0.5, 0.6) is 5.75 Å². The van der Waals surface area contributed by atoms with Crippen LogP contribution < -0.4 is 10.1 Å². The lowest BCUT2D eigenvalue weighted by Crippen LogP contribution is -2.44. The normalized spacial score (nSPS) is 16.5. The number of carbonyl (C=O) groups is 1. The third-order valence-electron chi connectivity index (χ3n) is 5.19. The molecular formula is C23H29ClN2O2. The predicted molar refractivity (Wildman–Crippen MR) is 114 cm³/mol. The van der Waals surface area contributed by atoms with Crippen LogP contribution in [0, 0.1) is 12.8 Å². The van der Waals surface area contributed by atoms with Crippen molar-refractivity contribution in [2.75, 3.05) is 19.7 Å². The van der Waals surface area contributed by atoms with Gasteiger partial charge in [0.15, 0.2) is 0 Å². The highest BCUT2D eigenvalue weighted by molar-refractivity contribution is 6.30. The number of hydrogen-bond donors (Lipinski definition) is 1. The van der Waals surface area contributed by atoms with Gasteiger partial charge in [-0.15, -0.1) is 0 Å². The molecule has 1 atom stereocenters. The first-order chi connectivity index (χ1) is 13.5. The number of piperidine rings is 1. The molecule has 2 aromatic carbocycles. The quantitative estimate of drug-likeness (QED) is 0.746. The van der Waals surface area contributed by atoms with Gasteiger partial charge in [0.05, 0.1) is 6.04 Å². The third-order valence-corrected chi connectivity index (χ3v) is 5.44. The van der Waals surface area contributed by atoms with E-state index in [1.54, 1.807) is 0 Å². The molecule has 1 amide bonds. The zero-order chi connectivity index (χ0) is 19.9. The van der Waals surface area contributed by atoms with Gasteiger partial charge in [-0.1, -0.05) is 41.4 Å². The van der Waals surface area contributed by atoms with Gasteiger partial charge in [-0.3, -0.25) is 9.69 Å². The minimum atomic E-state index is -0.0131. The number of amides is 1. The molecule has 0 spiro atoms. The second kappa shape index (κ2) is 9.94. The van der Waals surface area contributed by atoms with Crippen LogP contribution in [0.4, 0.5) is 0 Å². The summed E-state index contributed by atoms with van der Waals surface area (Å²) in [4.78, 5) is 15.0. The van der Waals surface area contributed by atoms with Crippen LogP contribution in [-0.4, -0.2) is 36.5 Å². The van der Waals surface area contributed by atoms with Crippen molar-refractivity contribution in [1.82, 2.24) is 10.2 Å². The molecule has 1 fully saturated rings. The summed E-state index contributed by atoms with van der Waals surface area (Å²) in [6, 6.07) is 15.9. The fourth-order valence-corrected chi connectivity index (χ4v) is 3.59. The van der Waals surface area contributed by atoms with Gasteiger partial charge in [0.1, 0.15) is 12.4 Å². The number of halogens is 1. The van der Waals surface area contributed by atoms with Crippen LogP contribution in [-0.2, 0) is 11.3 Å². The molecular weight excluding hydrogens is 372 g/mol. The van der Waals surface area contributed by atoms with E-state index in [1.165, 1.54) is 11.1 Å². The van der Waals surface area contributed by atoms with Crippen molar-refractivity contribution >= 4 is 17.5 Å². The minimum absolute atomic E-state index is 0.0131. The second-order valence-corrected chi connectivity index (χ2v) is 8.15. The van der Waals surface area contributed by atoms with Crippen LogP contribution in [0.2, 0.25) is 5.02 Å². The van der Waals surface area contributed by atoms with Gasteiger partial charge in [0.2, 0.25) is 5.91 Å². The van der Waals surface area contributed by atoms with Crippen molar-refractivity contribution in [3.63, 3.8) is 0 Å². The van der Waals surface area contributed by atoms with Gasteiger partial charge in [-0.25, -0.2) is 0 Å². The van der Waals surface area contributed by atoms with E-state index in [1.807, 2.05) is 50.2 Å². The van der Waals surface area contributed by atoms with E-state index in [9.17, 15) is 4.79 Å². The van der Waals surface area contributed by atoms with Crippen molar-refractivity contribution < 1.29 is 9.53 Å². The molecule has 1 N–H and O–H groups in total. The molecule has 5 heteroatoms. The Hall–Kier alpha value is -2.04. The van der Waals surface area contributed by atoms with Crippen molar-refractivity contribution in [1.29, 1.82) is 0 Å². The summed E-state index contributed by atoms with van der Waals surface area (Å²) in [5, 5.41) is 3.87. The van der Waals surface area contributed by atoms with Crippen molar-refractivity contribution in [3.05, 3.63) is 64.7 Å². The maximum Gasteiger partial charge on any atom is 0.223 e. The molecule has 28 heavy (non-hydrogen) atoms. The number of aryl methyl sites for hydroxylation is 1. The summed E-state index contributed by atoms with van der Waals surface area (Å²) in [6.07, 6.45) is 1.79. The van der Waals surface area contributed by atoms with E-state index in [-0.39, 0.29) is 17.9 Å². The van der Waals surface area contributed by atoms with E-state index in [4.69, 9.17) is 16.3 Å². The standard InChI is InChI=1S/C23H29ClN2O2/c1-17-3-9-22(10-4-17)28-16-18(2)25-23(27)20-11-13-26(14-12-20)15-19-5-7-21(24)8-6-19/h3-10,18,20H,11-16H2,1-2H3,(H,25,27)/t18-/m0/s1. The smallest absolute Gasteiger partial charge is 0.223 e. The van der Waals surface area contributed by atoms with Crippen LogP contribution in [0.1, 0.15) is 30.9 Å². The molecule has 0 aromatic heterocycles. The number of hydrogen-bond acceptors (Lipinski definition) is 3. The van der Waals surface area contributed by atoms with E-state index >= 15 is 0 Å². The zero-order valence-electron chi connectivity index (χ0n) is 16.7. The Morgan fingerprint density at radius 1 is 1.14 bits per heavy atom. The Morgan fingerprint density at radius 3 is 2.43 bits per heavy atom. The Bertz CT molecular complexity index is 753. The molecule has 0 aliphatic carbocycles. The Morgan fingerprint density at radius 2 is 1.79 bits per heavy atom. The molecule has 4 nitrogen and oxygen atoms in total. The Balaban J connectivity index is 1.38. The highest BCUT2D eigenvalue weighted by Crippen LogP contribution is 2.20. The molecule has 3 rings (SSSR count). The van der Waals surface area contributed by atoms with Gasteiger partial charge in [0, 0.05) is 17.5 Å². The SMILES string of the molecule is Cc1ccc(OC[C@H](C)NC(=O)C2CCN(Cc3ccc(Cl)cc3)CC2)cc1. The first-order valence-corrected chi connectivity index (χ1v) is 10.3. The lowest BCUT2D eigenvalue weighted by Gasteiger charge is -2.31. The van der Waals surface area contributed by atoms with Crippen molar-refractivity contribution in [3.8, 4) is 5.75 Å². The number of ether oxygens (including phenoxy) is 1. The molecule has 0 radical (unpaired) electrons. The summed E-state index contributed by atoms with van der Waals surface area (Å²) in [7, 11) is 0. The van der Waals surface area contributed by atoms with Crippen LogP contribution in [0.25, 0.3) is 0 Å². The fraction of sp³-hybridized carbons (Fsp3) is 0.435. The van der Waals surface area contributed by atoms with E-state index < -0.39 is 0 Å². The molecule has 1 heterocycles. The topological polar surface area (TPSA) is 41.6 Å². The third kappa shape index (κ3) is 6.25. The number of rotatable bonds is 7. The van der Waals surface area contributed by atoms with Crippen molar-refractivity contribution in [2.45, 2.75) is 39.3 Å². The molecule has 0 bridgehead atoms. The second-order valence-electron chi connectivity index (χ2n) is 7.71. The molecule has 1 aliphatic heterocycles. The van der Waals surface area contributed by atoms with Gasteiger partial charge < -0.3 is 10.1 Å². The minimum Gasteiger partial charge on any atom is -0.491 e. The molecule has 2 aromatic rings. The van der Waals surface area contributed by atoms with Gasteiger partial charge >= 0.3 is 0 Å². The highest BCUT2D eigenvalue weighted by atomic mass is 35.5. The number of likely N-dealkylation sites (tertiary alicyclic amines) is 1. The van der Waals surface area contributed by atoms with Gasteiger partial charge in [-0.05, 0) is 69.6 Å². The predicted octanol–water partition coefficient (Wildman–Crippen LogP) is 4.44. The van der Waals surface area contributed by atoms with Crippen LogP contribution >= 0.6 is 11.6 Å². The van der Waals surface area contributed by atoms with E-state index in [0.717, 1.165) is 43.2 Å². The maximum absolute atomic E-state index is 12.6. The molecule has 150 valence electrons. The van der Waals surface area contributed by atoms with Crippen LogP contribution in [0.15, 0.2) is 48.5 Å². The summed E-state index contributed by atoms with van der Waals surface area (Å²) in [6.45, 7) is 7.30. The fourth-order valence-electron chi connectivity index (χ4n) is 3.46. The van der Waals surface area contributed by atoms with Crippen molar-refractivity contribution in [2.24, 2.45) is 5.92 Å². The summed E-state index contributed by atoms with van der Waals surface area (Å²) in [5.74, 6) is 1.07. The maximum atomic E-state index is 12.6. The summed E-state index contributed by atoms with van der Waals surface area (Å²) in [5.41, 5.74) is 2.46. The Kier molecular flexibility index (Phi) is 7.35. The lowest BCUT2D eigenvalue weighted by molar-refractivity contribution is -0.127. The first-order valence-electron chi connectivity index (χ1n) is 9.96. The Labute approximate surface area is 172 Å². The zero-order valence-corrected chi connectivity index (χ0v) is 17.4. The highest BCUT2D eigenvalue weighted by Gasteiger charge is 2.25. The average molecular weight is 401 g/mol. The molecule has 0 unspecified atom stereocenters. The number of nitrogens with one attached hydrogen (secondary N) is 1. The number of carbonyl (C=O) groups excluding carboxylic acids is 1. The first kappa shape index (κ1) is 20.7. The lowest BCUT2D eigenvalue weighted by atomic mass is 9.95. The van der Waals surface area contributed by atoms with Crippen LogP contribution in [0.3, 0.4) is 0 Å². The van der Waals surface area contributed by atoms with Gasteiger partial charge in [-0.2, -0.15) is 0 Å². The number of benzene rings is 2. The molecule has 1 saturated heterocycles. The summed E-state index contributed by atoms with van der Waals surface area (Å²) >= 11 is 5.95. The monoisotopic (exact) mass is 400 g/mol. The largest absolute Gasteiger partial charge is 0.491 e.